The second-order valence-corrected chi connectivity index (χ2v) is 7.39. The van der Waals surface area contributed by atoms with Crippen LogP contribution in [0.25, 0.3) is 40.9 Å². The molecule has 0 atom stereocenters. The van der Waals surface area contributed by atoms with Gasteiger partial charge in [-0.25, -0.2) is 0 Å². The summed E-state index contributed by atoms with van der Waals surface area (Å²) in [6, 6.07) is 26.1. The number of benzene rings is 3. The number of fused-ring (bicyclic) bond motifs is 1. The molecule has 0 radical (unpaired) electrons. The van der Waals surface area contributed by atoms with Crippen LogP contribution in [-0.4, -0.2) is 4.57 Å². The molecule has 1 aromatic heterocycles. The van der Waals surface area contributed by atoms with Gasteiger partial charge < -0.3 is 4.57 Å². The summed E-state index contributed by atoms with van der Waals surface area (Å²) >= 11 is 0. The maximum Gasteiger partial charge on any atom is 0.0540 e. The number of rotatable bonds is 4. The highest BCUT2D eigenvalue weighted by Gasteiger charge is 2.08. The molecular weight excluding hydrogens is 350 g/mol. The molecule has 0 unspecified atom stereocenters. The summed E-state index contributed by atoms with van der Waals surface area (Å²) in [5, 5.41) is 3.90. The normalized spacial score (nSPS) is 13.1. The topological polar surface area (TPSA) is 4.93 Å². The highest BCUT2D eigenvalue weighted by atomic mass is 15.0. The fourth-order valence-electron chi connectivity index (χ4n) is 3.87. The zero-order chi connectivity index (χ0) is 20.2. The quantitative estimate of drug-likeness (QED) is 0.379. The molecule has 1 heteroatoms. The molecule has 0 aliphatic rings. The van der Waals surface area contributed by atoms with Crippen LogP contribution in [0, 0.1) is 6.92 Å². The molecule has 0 aliphatic carbocycles. The van der Waals surface area contributed by atoms with Crippen LogP contribution in [0.2, 0.25) is 0 Å². The van der Waals surface area contributed by atoms with Crippen LogP contribution in [0.1, 0.15) is 37.0 Å². The Bertz CT molecular complexity index is 1270. The first-order valence-electron chi connectivity index (χ1n) is 10.3. The summed E-state index contributed by atoms with van der Waals surface area (Å²) < 4.78 is 2.37. The van der Waals surface area contributed by atoms with E-state index in [-0.39, 0.29) is 0 Å². The number of aromatic nitrogens is 1. The van der Waals surface area contributed by atoms with Gasteiger partial charge >= 0.3 is 0 Å². The first kappa shape index (κ1) is 19.0. The van der Waals surface area contributed by atoms with Gasteiger partial charge in [0.25, 0.3) is 0 Å². The van der Waals surface area contributed by atoms with Gasteiger partial charge in [-0.3, -0.25) is 0 Å². The van der Waals surface area contributed by atoms with Crippen molar-refractivity contribution >= 4 is 35.2 Å². The third-order valence-electron chi connectivity index (χ3n) is 5.33. The van der Waals surface area contributed by atoms with Crippen molar-refractivity contribution in [1.82, 2.24) is 4.57 Å². The van der Waals surface area contributed by atoms with Gasteiger partial charge in [0, 0.05) is 21.6 Å². The molecule has 1 heterocycles. The predicted octanol–water partition coefficient (Wildman–Crippen LogP) is 6.10. The highest BCUT2D eigenvalue weighted by molar-refractivity contribution is 5.84. The zero-order valence-corrected chi connectivity index (χ0v) is 17.4. The maximum absolute atomic E-state index is 2.37. The van der Waals surface area contributed by atoms with E-state index in [1.807, 2.05) is 0 Å². The van der Waals surface area contributed by atoms with Crippen molar-refractivity contribution in [2.75, 3.05) is 0 Å². The van der Waals surface area contributed by atoms with Crippen molar-refractivity contribution in [2.45, 2.75) is 27.2 Å². The van der Waals surface area contributed by atoms with E-state index < -0.39 is 0 Å². The Labute approximate surface area is 172 Å². The first-order valence-corrected chi connectivity index (χ1v) is 10.3. The highest BCUT2D eigenvalue weighted by Crippen LogP contribution is 2.17. The molecule has 0 N–H and O–H groups in total. The fraction of sp³-hybridized carbons (Fsp3) is 0.143. The SMILES string of the molecule is C/C=c1\c(=C/CC)c2ccccc2n1-c1ccc(/C=C/c2ccc(C)cc2)cc1. The van der Waals surface area contributed by atoms with Crippen molar-refractivity contribution in [1.29, 1.82) is 0 Å². The van der Waals surface area contributed by atoms with Crippen LogP contribution >= 0.6 is 0 Å². The zero-order valence-electron chi connectivity index (χ0n) is 17.4. The number of para-hydroxylation sites is 1. The summed E-state index contributed by atoms with van der Waals surface area (Å²) in [6.45, 7) is 6.43. The first-order chi connectivity index (χ1) is 14.2. The molecule has 3 aromatic carbocycles. The number of hydrogen-bond donors (Lipinski definition) is 0. The van der Waals surface area contributed by atoms with Gasteiger partial charge in [0.2, 0.25) is 0 Å². The number of nitrogens with zero attached hydrogens (tertiary/aromatic N) is 1. The molecule has 0 saturated heterocycles. The van der Waals surface area contributed by atoms with Gasteiger partial charge in [-0.15, -0.1) is 0 Å². The van der Waals surface area contributed by atoms with E-state index in [0.717, 1.165) is 6.42 Å². The molecule has 0 spiro atoms. The molecule has 144 valence electrons. The van der Waals surface area contributed by atoms with E-state index in [2.05, 4.69) is 122 Å². The average Bonchev–Trinajstić information content (AvgIpc) is 3.07. The minimum Gasteiger partial charge on any atom is -0.310 e. The summed E-state index contributed by atoms with van der Waals surface area (Å²) in [5.41, 5.74) is 6.15. The molecular formula is C28H27N. The lowest BCUT2D eigenvalue weighted by molar-refractivity contribution is 1.06. The maximum atomic E-state index is 2.37. The molecule has 0 bridgehead atoms. The van der Waals surface area contributed by atoms with Crippen LogP contribution in [0.15, 0.2) is 72.8 Å². The summed E-state index contributed by atoms with van der Waals surface area (Å²) in [7, 11) is 0. The molecule has 1 nitrogen and oxygen atoms in total. The largest absolute Gasteiger partial charge is 0.310 e. The molecule has 29 heavy (non-hydrogen) atoms. The van der Waals surface area contributed by atoms with E-state index in [9.17, 15) is 0 Å². The molecule has 0 aliphatic heterocycles. The summed E-state index contributed by atoms with van der Waals surface area (Å²) in [4.78, 5) is 0. The Hall–Kier alpha value is -3.32. The van der Waals surface area contributed by atoms with Crippen LogP contribution < -0.4 is 10.6 Å². The molecule has 0 saturated carbocycles. The van der Waals surface area contributed by atoms with Crippen LogP contribution in [-0.2, 0) is 0 Å². The van der Waals surface area contributed by atoms with Gasteiger partial charge in [-0.05, 0) is 49.6 Å². The summed E-state index contributed by atoms with van der Waals surface area (Å²) in [5.74, 6) is 0. The Morgan fingerprint density at radius 3 is 2.03 bits per heavy atom. The molecule has 4 aromatic rings. The second kappa shape index (κ2) is 8.36. The van der Waals surface area contributed by atoms with Gasteiger partial charge in [0.15, 0.2) is 0 Å². The monoisotopic (exact) mass is 377 g/mol. The Balaban J connectivity index is 1.76. The smallest absolute Gasteiger partial charge is 0.0540 e. The Kier molecular flexibility index (Phi) is 5.48. The second-order valence-electron chi connectivity index (χ2n) is 7.39. The van der Waals surface area contributed by atoms with Gasteiger partial charge in [-0.1, -0.05) is 91.4 Å². The minimum atomic E-state index is 1.03. The van der Waals surface area contributed by atoms with Crippen LogP contribution in [0.5, 0.6) is 0 Å². The molecule has 0 amide bonds. The Morgan fingerprint density at radius 1 is 0.793 bits per heavy atom. The molecule has 4 rings (SSSR count). The van der Waals surface area contributed by atoms with E-state index in [1.165, 1.54) is 43.8 Å². The van der Waals surface area contributed by atoms with E-state index >= 15 is 0 Å². The predicted molar refractivity (Wildman–Crippen MR) is 128 cm³/mol. The fourth-order valence-corrected chi connectivity index (χ4v) is 3.87. The van der Waals surface area contributed by atoms with E-state index in [0.29, 0.717) is 0 Å². The van der Waals surface area contributed by atoms with Crippen molar-refractivity contribution in [3.8, 4) is 5.69 Å². The van der Waals surface area contributed by atoms with Crippen LogP contribution in [0.4, 0.5) is 0 Å². The van der Waals surface area contributed by atoms with Gasteiger partial charge in [0.1, 0.15) is 0 Å². The number of aryl methyl sites for hydroxylation is 1. The van der Waals surface area contributed by atoms with Crippen molar-refractivity contribution in [3.63, 3.8) is 0 Å². The van der Waals surface area contributed by atoms with E-state index in [1.54, 1.807) is 0 Å². The van der Waals surface area contributed by atoms with E-state index in [4.69, 9.17) is 0 Å². The van der Waals surface area contributed by atoms with Gasteiger partial charge in [0.05, 0.1) is 5.52 Å². The van der Waals surface area contributed by atoms with Gasteiger partial charge in [-0.2, -0.15) is 0 Å². The average molecular weight is 378 g/mol. The Morgan fingerprint density at radius 2 is 1.41 bits per heavy atom. The van der Waals surface area contributed by atoms with Crippen molar-refractivity contribution in [2.24, 2.45) is 0 Å². The third kappa shape index (κ3) is 3.82. The lowest BCUT2D eigenvalue weighted by Gasteiger charge is -2.07. The summed E-state index contributed by atoms with van der Waals surface area (Å²) in [6.07, 6.45) is 9.90. The van der Waals surface area contributed by atoms with Crippen molar-refractivity contribution < 1.29 is 0 Å². The number of hydrogen-bond acceptors (Lipinski definition) is 0. The third-order valence-corrected chi connectivity index (χ3v) is 5.33. The van der Waals surface area contributed by atoms with Crippen molar-refractivity contribution in [3.05, 3.63) is 100 Å². The lowest BCUT2D eigenvalue weighted by atomic mass is 10.1. The molecule has 0 fully saturated rings. The lowest BCUT2D eigenvalue weighted by Crippen LogP contribution is -2.28. The van der Waals surface area contributed by atoms with Crippen LogP contribution in [0.3, 0.4) is 0 Å². The standard InChI is InChI=1S/C28H27N/c1-4-8-25-26-9-6-7-10-28(26)29(27(25)5-2)24-19-17-23(18-20-24)16-15-22-13-11-21(3)12-14-22/h5-20H,4H2,1-3H3/b16-15+,25-8-,27-5+. The minimum absolute atomic E-state index is 1.03.